The van der Waals surface area contributed by atoms with Gasteiger partial charge in [0.2, 0.25) is 5.91 Å². The van der Waals surface area contributed by atoms with Gasteiger partial charge in [-0.25, -0.2) is 0 Å². The van der Waals surface area contributed by atoms with E-state index in [0.717, 1.165) is 19.5 Å². The lowest BCUT2D eigenvalue weighted by Gasteiger charge is -2.42. The number of carboxylic acids is 1. The molecule has 1 amide bonds. The second-order valence-corrected chi connectivity index (χ2v) is 4.84. The van der Waals surface area contributed by atoms with Gasteiger partial charge in [-0.2, -0.15) is 0 Å². The molecule has 5 heteroatoms. The summed E-state index contributed by atoms with van der Waals surface area (Å²) in [4.78, 5) is 27.2. The molecule has 2 fully saturated rings. The van der Waals surface area contributed by atoms with Crippen LogP contribution in [0.2, 0.25) is 0 Å². The molecule has 1 saturated heterocycles. The zero-order chi connectivity index (χ0) is 11.8. The van der Waals surface area contributed by atoms with Gasteiger partial charge in [0, 0.05) is 26.2 Å². The minimum Gasteiger partial charge on any atom is -0.480 e. The Balaban J connectivity index is 2.04. The van der Waals surface area contributed by atoms with Crippen LogP contribution in [0.15, 0.2) is 0 Å². The van der Waals surface area contributed by atoms with Gasteiger partial charge in [-0.3, -0.25) is 9.59 Å². The number of nitrogens with zero attached hydrogens (tertiary/aromatic N) is 2. The maximum atomic E-state index is 12.2. The maximum absolute atomic E-state index is 12.2. The monoisotopic (exact) mass is 226 g/mol. The number of carboxylic acid groups (broad SMARTS) is 1. The Labute approximate surface area is 95.0 Å². The summed E-state index contributed by atoms with van der Waals surface area (Å²) in [7, 11) is 2.01. The number of aliphatic carboxylic acids is 1. The summed E-state index contributed by atoms with van der Waals surface area (Å²) in [5, 5.41) is 9.18. The Kier molecular flexibility index (Phi) is 2.88. The van der Waals surface area contributed by atoms with E-state index >= 15 is 0 Å². The lowest BCUT2D eigenvalue weighted by molar-refractivity contribution is -0.168. The number of piperazine rings is 1. The van der Waals surface area contributed by atoms with Crippen molar-refractivity contribution in [2.24, 2.45) is 5.41 Å². The first-order chi connectivity index (χ1) is 7.56. The first kappa shape index (κ1) is 11.4. The Morgan fingerprint density at radius 3 is 2.06 bits per heavy atom. The molecule has 1 saturated carbocycles. The highest BCUT2D eigenvalue weighted by Crippen LogP contribution is 2.42. The van der Waals surface area contributed by atoms with Gasteiger partial charge in [0.1, 0.15) is 5.41 Å². The minimum atomic E-state index is -1.09. The third-order valence-corrected chi connectivity index (χ3v) is 3.82. The third kappa shape index (κ3) is 1.69. The van der Waals surface area contributed by atoms with Crippen LogP contribution in [0, 0.1) is 5.41 Å². The lowest BCUT2D eigenvalue weighted by Crippen LogP contribution is -2.57. The van der Waals surface area contributed by atoms with Crippen LogP contribution in [0.3, 0.4) is 0 Å². The zero-order valence-electron chi connectivity index (χ0n) is 9.61. The van der Waals surface area contributed by atoms with E-state index in [1.165, 1.54) is 0 Å². The molecular weight excluding hydrogens is 208 g/mol. The van der Waals surface area contributed by atoms with Crippen molar-refractivity contribution >= 4 is 11.9 Å². The highest BCUT2D eigenvalue weighted by Gasteiger charge is 2.53. The number of likely N-dealkylation sites (N-methyl/N-ethyl adjacent to an activating group) is 1. The van der Waals surface area contributed by atoms with Crippen LogP contribution in [-0.4, -0.2) is 60.0 Å². The highest BCUT2D eigenvalue weighted by molar-refractivity contribution is 6.02. The summed E-state index contributed by atoms with van der Waals surface area (Å²) in [5.74, 6) is -1.11. The molecule has 1 aliphatic carbocycles. The molecule has 0 aromatic heterocycles. The number of carbonyl (C=O) groups excluding carboxylic acids is 1. The normalized spacial score (nSPS) is 24.9. The minimum absolute atomic E-state index is 0.167. The molecule has 2 rings (SSSR count). The molecular formula is C11H18N2O3. The molecule has 0 atom stereocenters. The zero-order valence-corrected chi connectivity index (χ0v) is 9.61. The summed E-state index contributed by atoms with van der Waals surface area (Å²) in [6.45, 7) is 2.98. The smallest absolute Gasteiger partial charge is 0.319 e. The van der Waals surface area contributed by atoms with E-state index in [-0.39, 0.29) is 5.91 Å². The van der Waals surface area contributed by atoms with E-state index in [9.17, 15) is 14.7 Å². The molecule has 0 aromatic carbocycles. The molecule has 0 radical (unpaired) electrons. The van der Waals surface area contributed by atoms with Crippen LogP contribution in [0.1, 0.15) is 19.3 Å². The second-order valence-electron chi connectivity index (χ2n) is 4.84. The number of hydrogen-bond donors (Lipinski definition) is 1. The molecule has 5 nitrogen and oxygen atoms in total. The van der Waals surface area contributed by atoms with Gasteiger partial charge >= 0.3 is 5.97 Å². The summed E-state index contributed by atoms with van der Waals surface area (Å²) >= 11 is 0. The van der Waals surface area contributed by atoms with Gasteiger partial charge in [0.05, 0.1) is 0 Å². The van der Waals surface area contributed by atoms with Crippen molar-refractivity contribution in [3.63, 3.8) is 0 Å². The van der Waals surface area contributed by atoms with Crippen molar-refractivity contribution in [2.75, 3.05) is 33.2 Å². The van der Waals surface area contributed by atoms with Gasteiger partial charge < -0.3 is 14.9 Å². The molecule has 16 heavy (non-hydrogen) atoms. The largest absolute Gasteiger partial charge is 0.480 e. The number of hydrogen-bond acceptors (Lipinski definition) is 3. The number of amides is 1. The van der Waals surface area contributed by atoms with Gasteiger partial charge in [0.15, 0.2) is 0 Å². The fourth-order valence-electron chi connectivity index (χ4n) is 2.36. The highest BCUT2D eigenvalue weighted by atomic mass is 16.4. The molecule has 2 aliphatic rings. The quantitative estimate of drug-likeness (QED) is 0.674. The molecule has 0 unspecified atom stereocenters. The maximum Gasteiger partial charge on any atom is 0.319 e. The standard InChI is InChI=1S/C11H18N2O3/c1-12-5-7-13(8-6-12)9(14)11(10(15)16)3-2-4-11/h2-8H2,1H3,(H,15,16). The van der Waals surface area contributed by atoms with E-state index in [2.05, 4.69) is 4.90 Å². The van der Waals surface area contributed by atoms with E-state index in [1.807, 2.05) is 7.05 Å². The predicted molar refractivity (Wildman–Crippen MR) is 58.0 cm³/mol. The lowest BCUT2D eigenvalue weighted by atomic mass is 9.67. The fraction of sp³-hybridized carbons (Fsp3) is 0.818. The van der Waals surface area contributed by atoms with Crippen molar-refractivity contribution in [3.8, 4) is 0 Å². The average molecular weight is 226 g/mol. The first-order valence-corrected chi connectivity index (χ1v) is 5.77. The molecule has 90 valence electrons. The molecule has 1 N–H and O–H groups in total. The predicted octanol–water partition coefficient (Wildman–Crippen LogP) is 0.0153. The van der Waals surface area contributed by atoms with Crippen LogP contribution < -0.4 is 0 Å². The van der Waals surface area contributed by atoms with Crippen LogP contribution >= 0.6 is 0 Å². The van der Waals surface area contributed by atoms with E-state index in [0.29, 0.717) is 25.9 Å². The molecule has 1 aliphatic heterocycles. The molecule has 0 bridgehead atoms. The van der Waals surface area contributed by atoms with E-state index in [1.54, 1.807) is 4.90 Å². The average Bonchev–Trinajstić information content (AvgIpc) is 2.16. The van der Waals surface area contributed by atoms with Gasteiger partial charge in [0.25, 0.3) is 0 Å². The van der Waals surface area contributed by atoms with Crippen molar-refractivity contribution in [1.29, 1.82) is 0 Å². The van der Waals surface area contributed by atoms with Crippen LogP contribution in [0.4, 0.5) is 0 Å². The second kappa shape index (κ2) is 4.05. The number of carbonyl (C=O) groups is 2. The molecule has 0 spiro atoms. The summed E-state index contributed by atoms with van der Waals surface area (Å²) < 4.78 is 0. The van der Waals surface area contributed by atoms with Crippen molar-refractivity contribution in [1.82, 2.24) is 9.80 Å². The Bertz CT molecular complexity index is 304. The van der Waals surface area contributed by atoms with Gasteiger partial charge in [-0.05, 0) is 19.9 Å². The Hall–Kier alpha value is -1.10. The van der Waals surface area contributed by atoms with Gasteiger partial charge in [-0.1, -0.05) is 6.42 Å². The van der Waals surface area contributed by atoms with E-state index in [4.69, 9.17) is 0 Å². The summed E-state index contributed by atoms with van der Waals surface area (Å²) in [6.07, 6.45) is 1.87. The van der Waals surface area contributed by atoms with Crippen LogP contribution in [0.5, 0.6) is 0 Å². The van der Waals surface area contributed by atoms with Crippen molar-refractivity contribution in [3.05, 3.63) is 0 Å². The van der Waals surface area contributed by atoms with Crippen LogP contribution in [0.25, 0.3) is 0 Å². The first-order valence-electron chi connectivity index (χ1n) is 5.77. The Morgan fingerprint density at radius 1 is 1.12 bits per heavy atom. The van der Waals surface area contributed by atoms with Crippen LogP contribution in [-0.2, 0) is 9.59 Å². The topological polar surface area (TPSA) is 60.9 Å². The molecule has 1 heterocycles. The number of rotatable bonds is 2. The Morgan fingerprint density at radius 2 is 1.69 bits per heavy atom. The van der Waals surface area contributed by atoms with Gasteiger partial charge in [-0.15, -0.1) is 0 Å². The summed E-state index contributed by atoms with van der Waals surface area (Å²) in [6, 6.07) is 0. The van der Waals surface area contributed by atoms with Crippen molar-refractivity contribution in [2.45, 2.75) is 19.3 Å². The summed E-state index contributed by atoms with van der Waals surface area (Å²) in [5.41, 5.74) is -1.09. The third-order valence-electron chi connectivity index (χ3n) is 3.82. The fourth-order valence-corrected chi connectivity index (χ4v) is 2.36. The molecule has 0 aromatic rings. The van der Waals surface area contributed by atoms with Crippen molar-refractivity contribution < 1.29 is 14.7 Å². The van der Waals surface area contributed by atoms with E-state index < -0.39 is 11.4 Å². The SMILES string of the molecule is CN1CCN(C(=O)C2(C(=O)O)CCC2)CC1.